The highest BCUT2D eigenvalue weighted by Gasteiger charge is 2.16. The number of nitrogens with one attached hydrogen (secondary N) is 2. The Balaban J connectivity index is 1.85. The number of hydrogen-bond donors (Lipinski definition) is 2. The molecule has 2 aromatic carbocycles. The van der Waals surface area contributed by atoms with E-state index in [2.05, 4.69) is 15.4 Å². The first-order valence-corrected chi connectivity index (χ1v) is 8.95. The van der Waals surface area contributed by atoms with Crippen molar-refractivity contribution < 1.29 is 23.9 Å². The Kier molecular flexibility index (Phi) is 7.83. The van der Waals surface area contributed by atoms with E-state index in [1.165, 1.54) is 7.11 Å². The van der Waals surface area contributed by atoms with Crippen LogP contribution in [-0.2, 0) is 19.1 Å². The van der Waals surface area contributed by atoms with Gasteiger partial charge >= 0.3 is 5.97 Å². The number of carbonyl (C=O) groups is 3. The Morgan fingerprint density at radius 2 is 1.57 bits per heavy atom. The number of carbonyl (C=O) groups excluding carboxylic acids is 3. The molecule has 28 heavy (non-hydrogen) atoms. The van der Waals surface area contributed by atoms with E-state index in [1.54, 1.807) is 55.5 Å². The van der Waals surface area contributed by atoms with Crippen LogP contribution < -0.4 is 15.4 Å². The fraction of sp³-hybridized carbons (Fsp3) is 0.250. The standard InChI is InChI=1S/C20H21ClN2O5/c1-13(28-17-6-4-3-5-16(17)21)20(26)23-15-9-7-14(8-10-15)22-18(24)11-12-19(25)27-2/h3-10,13H,11-12H2,1-2H3,(H,22,24)(H,23,26). The normalized spacial score (nSPS) is 11.2. The number of ether oxygens (including phenoxy) is 2. The maximum Gasteiger partial charge on any atom is 0.306 e. The third-order valence-corrected chi connectivity index (χ3v) is 4.04. The van der Waals surface area contributed by atoms with Crippen molar-refractivity contribution in [3.63, 3.8) is 0 Å². The third-order valence-electron chi connectivity index (χ3n) is 3.73. The van der Waals surface area contributed by atoms with Gasteiger partial charge in [-0.2, -0.15) is 0 Å². The number of anilines is 2. The van der Waals surface area contributed by atoms with Gasteiger partial charge in [-0.3, -0.25) is 14.4 Å². The van der Waals surface area contributed by atoms with Crippen LogP contribution in [0.1, 0.15) is 19.8 Å². The molecule has 2 N–H and O–H groups in total. The van der Waals surface area contributed by atoms with Crippen molar-refractivity contribution in [2.24, 2.45) is 0 Å². The molecule has 7 nitrogen and oxygen atoms in total. The fourth-order valence-corrected chi connectivity index (χ4v) is 2.39. The van der Waals surface area contributed by atoms with Crippen LogP contribution in [0.5, 0.6) is 5.75 Å². The summed E-state index contributed by atoms with van der Waals surface area (Å²) in [6.45, 7) is 1.62. The van der Waals surface area contributed by atoms with Gasteiger partial charge in [0.2, 0.25) is 5.91 Å². The van der Waals surface area contributed by atoms with Crippen LogP contribution in [-0.4, -0.2) is 31.0 Å². The molecule has 1 atom stereocenters. The molecule has 0 aromatic heterocycles. The monoisotopic (exact) mass is 404 g/mol. The van der Waals surface area contributed by atoms with Crippen LogP contribution in [0.4, 0.5) is 11.4 Å². The van der Waals surface area contributed by atoms with Crippen LogP contribution in [0.3, 0.4) is 0 Å². The van der Waals surface area contributed by atoms with Crippen LogP contribution in [0, 0.1) is 0 Å². The molecule has 2 rings (SSSR count). The largest absolute Gasteiger partial charge is 0.479 e. The van der Waals surface area contributed by atoms with Gasteiger partial charge in [-0.05, 0) is 43.3 Å². The Hall–Kier alpha value is -3.06. The van der Waals surface area contributed by atoms with Crippen molar-refractivity contribution in [3.05, 3.63) is 53.6 Å². The summed E-state index contributed by atoms with van der Waals surface area (Å²) < 4.78 is 10.1. The first kappa shape index (κ1) is 21.2. The molecule has 1 unspecified atom stereocenters. The number of benzene rings is 2. The second-order valence-corrected chi connectivity index (χ2v) is 6.29. The summed E-state index contributed by atoms with van der Waals surface area (Å²) in [7, 11) is 1.27. The van der Waals surface area contributed by atoms with Gasteiger partial charge in [-0.15, -0.1) is 0 Å². The van der Waals surface area contributed by atoms with Crippen LogP contribution in [0.25, 0.3) is 0 Å². The summed E-state index contributed by atoms with van der Waals surface area (Å²) >= 11 is 6.02. The lowest BCUT2D eigenvalue weighted by Crippen LogP contribution is -2.30. The molecule has 0 fully saturated rings. The van der Waals surface area contributed by atoms with Gasteiger partial charge in [0.1, 0.15) is 5.75 Å². The molecule has 0 radical (unpaired) electrons. The first-order valence-electron chi connectivity index (χ1n) is 8.58. The van der Waals surface area contributed by atoms with Crippen molar-refractivity contribution in [3.8, 4) is 5.75 Å². The molecule has 0 spiro atoms. The smallest absolute Gasteiger partial charge is 0.306 e. The molecule has 148 valence electrons. The van der Waals surface area contributed by atoms with Gasteiger partial charge in [0.25, 0.3) is 5.91 Å². The summed E-state index contributed by atoms with van der Waals surface area (Å²) in [5.41, 5.74) is 1.10. The van der Waals surface area contributed by atoms with Gasteiger partial charge < -0.3 is 20.1 Å². The lowest BCUT2D eigenvalue weighted by molar-refractivity contribution is -0.141. The molecule has 0 bridgehead atoms. The second kappa shape index (κ2) is 10.3. The molecule has 0 aliphatic heterocycles. The molecule has 0 aliphatic rings. The van der Waals surface area contributed by atoms with E-state index in [-0.39, 0.29) is 24.7 Å². The Labute approximate surface area is 168 Å². The molecular formula is C20H21ClN2O5. The predicted octanol–water partition coefficient (Wildman–Crippen LogP) is 3.64. The SMILES string of the molecule is COC(=O)CCC(=O)Nc1ccc(NC(=O)C(C)Oc2ccccc2Cl)cc1. The number of hydrogen-bond acceptors (Lipinski definition) is 5. The zero-order valence-electron chi connectivity index (χ0n) is 15.5. The van der Waals surface area contributed by atoms with Crippen molar-refractivity contribution in [2.45, 2.75) is 25.9 Å². The first-order chi connectivity index (χ1) is 13.4. The minimum absolute atomic E-state index is 0.0137. The predicted molar refractivity (Wildman–Crippen MR) is 106 cm³/mol. The number of para-hydroxylation sites is 1. The van der Waals surface area contributed by atoms with Gasteiger partial charge in [-0.25, -0.2) is 0 Å². The highest BCUT2D eigenvalue weighted by atomic mass is 35.5. The molecule has 0 heterocycles. The van der Waals surface area contributed by atoms with Gasteiger partial charge in [-0.1, -0.05) is 23.7 Å². The molecule has 0 saturated carbocycles. The van der Waals surface area contributed by atoms with E-state index in [0.717, 1.165) is 0 Å². The van der Waals surface area contributed by atoms with Crippen LogP contribution in [0.2, 0.25) is 5.02 Å². The number of halogens is 1. The third kappa shape index (κ3) is 6.59. The fourth-order valence-electron chi connectivity index (χ4n) is 2.21. The molecule has 0 saturated heterocycles. The number of rotatable bonds is 8. The van der Waals surface area contributed by atoms with Crippen LogP contribution in [0.15, 0.2) is 48.5 Å². The number of amides is 2. The average molecular weight is 405 g/mol. The summed E-state index contributed by atoms with van der Waals surface area (Å²) in [4.78, 5) is 35.1. The van der Waals surface area contributed by atoms with Crippen molar-refractivity contribution in [1.82, 2.24) is 0 Å². The number of methoxy groups -OCH3 is 1. The highest BCUT2D eigenvalue weighted by Crippen LogP contribution is 2.24. The topological polar surface area (TPSA) is 93.7 Å². The quantitative estimate of drug-likeness (QED) is 0.655. The maximum absolute atomic E-state index is 12.3. The van der Waals surface area contributed by atoms with E-state index in [4.69, 9.17) is 16.3 Å². The lowest BCUT2D eigenvalue weighted by Gasteiger charge is -2.15. The van der Waals surface area contributed by atoms with Crippen molar-refractivity contribution in [2.75, 3.05) is 17.7 Å². The highest BCUT2D eigenvalue weighted by molar-refractivity contribution is 6.32. The van der Waals surface area contributed by atoms with E-state index in [0.29, 0.717) is 22.1 Å². The van der Waals surface area contributed by atoms with E-state index in [1.807, 2.05) is 0 Å². The van der Waals surface area contributed by atoms with Gasteiger partial charge in [0, 0.05) is 17.8 Å². The van der Waals surface area contributed by atoms with Crippen molar-refractivity contribution in [1.29, 1.82) is 0 Å². The zero-order chi connectivity index (χ0) is 20.5. The molecule has 2 amide bonds. The van der Waals surface area contributed by atoms with Gasteiger partial charge in [0.15, 0.2) is 6.10 Å². The Morgan fingerprint density at radius 1 is 0.964 bits per heavy atom. The summed E-state index contributed by atoms with van der Waals surface area (Å²) in [5.74, 6) is -0.656. The second-order valence-electron chi connectivity index (χ2n) is 5.88. The minimum Gasteiger partial charge on any atom is -0.479 e. The Bertz CT molecular complexity index is 839. The summed E-state index contributed by atoms with van der Waals surface area (Å²) in [6, 6.07) is 13.5. The number of esters is 1. The van der Waals surface area contributed by atoms with Crippen LogP contribution >= 0.6 is 11.6 Å². The maximum atomic E-state index is 12.3. The van der Waals surface area contributed by atoms with E-state index >= 15 is 0 Å². The summed E-state index contributed by atoms with van der Waals surface area (Å²) in [5, 5.41) is 5.82. The lowest BCUT2D eigenvalue weighted by atomic mass is 10.2. The molecule has 8 heteroatoms. The van der Waals surface area contributed by atoms with Crippen molar-refractivity contribution >= 4 is 40.8 Å². The minimum atomic E-state index is -0.752. The molecular weight excluding hydrogens is 384 g/mol. The average Bonchev–Trinajstić information content (AvgIpc) is 2.69. The molecule has 2 aromatic rings. The van der Waals surface area contributed by atoms with Gasteiger partial charge in [0.05, 0.1) is 18.6 Å². The zero-order valence-corrected chi connectivity index (χ0v) is 16.3. The van der Waals surface area contributed by atoms with E-state index in [9.17, 15) is 14.4 Å². The Morgan fingerprint density at radius 3 is 2.18 bits per heavy atom. The molecule has 0 aliphatic carbocycles. The van der Waals surface area contributed by atoms with E-state index < -0.39 is 12.1 Å². The summed E-state index contributed by atoms with van der Waals surface area (Å²) in [6.07, 6.45) is -0.709.